The molecule has 1 heterocycles. The zero-order valence-electron chi connectivity index (χ0n) is 33.8. The smallest absolute Gasteiger partial charge is 0.227 e. The van der Waals surface area contributed by atoms with E-state index in [9.17, 15) is 0 Å². The van der Waals surface area contributed by atoms with Crippen molar-refractivity contribution in [3.63, 3.8) is 0 Å². The van der Waals surface area contributed by atoms with E-state index in [2.05, 4.69) is 227 Å². The molecule has 11 aromatic rings. The van der Waals surface area contributed by atoms with E-state index in [0.717, 1.165) is 89.4 Å². The highest BCUT2D eigenvalue weighted by Crippen LogP contribution is 2.49. The normalized spacial score (nSPS) is 11.2. The Balaban J connectivity index is 1.18. The molecule has 0 saturated heterocycles. The predicted molar refractivity (Wildman–Crippen MR) is 259 cm³/mol. The molecule has 1 aromatic heterocycles. The Morgan fingerprint density at radius 1 is 0.323 bits per heavy atom. The monoisotopic (exact) mass is 796 g/mol. The van der Waals surface area contributed by atoms with Gasteiger partial charge >= 0.3 is 0 Å². The van der Waals surface area contributed by atoms with E-state index in [1.807, 2.05) is 30.3 Å². The molecule has 0 radical (unpaired) electrons. The van der Waals surface area contributed by atoms with Crippen molar-refractivity contribution < 1.29 is 4.42 Å². The number of aromatic nitrogens is 1. The van der Waals surface area contributed by atoms with Crippen molar-refractivity contribution in [1.29, 1.82) is 0 Å². The molecule has 5 heteroatoms. The third kappa shape index (κ3) is 6.78. The average molecular weight is 797 g/mol. The van der Waals surface area contributed by atoms with Crippen LogP contribution in [0.1, 0.15) is 0 Å². The van der Waals surface area contributed by atoms with Crippen molar-refractivity contribution >= 4 is 83.8 Å². The highest BCUT2D eigenvalue weighted by atomic mass is 16.3. The molecule has 11 rings (SSSR count). The molecule has 10 aromatic carbocycles. The zero-order valence-corrected chi connectivity index (χ0v) is 33.8. The maximum Gasteiger partial charge on any atom is 0.227 e. The van der Waals surface area contributed by atoms with Crippen LogP contribution in [0.25, 0.3) is 44.1 Å². The summed E-state index contributed by atoms with van der Waals surface area (Å²) in [7, 11) is 0. The van der Waals surface area contributed by atoms with Gasteiger partial charge in [0.2, 0.25) is 5.89 Å². The lowest BCUT2D eigenvalue weighted by molar-refractivity contribution is 0.623. The molecule has 0 N–H and O–H groups in total. The van der Waals surface area contributed by atoms with E-state index in [0.29, 0.717) is 5.89 Å². The number of para-hydroxylation sites is 5. The molecule has 0 spiro atoms. The Hall–Kier alpha value is -8.41. The number of oxazole rings is 1. The Morgan fingerprint density at radius 3 is 1.29 bits per heavy atom. The summed E-state index contributed by atoms with van der Waals surface area (Å²) < 4.78 is 6.67. The van der Waals surface area contributed by atoms with E-state index in [1.54, 1.807) is 0 Å². The van der Waals surface area contributed by atoms with Crippen LogP contribution in [0.15, 0.2) is 247 Å². The highest BCUT2D eigenvalue weighted by Gasteiger charge is 2.25. The third-order valence-corrected chi connectivity index (χ3v) is 11.4. The Kier molecular flexibility index (Phi) is 9.45. The van der Waals surface area contributed by atoms with Gasteiger partial charge in [-0.2, -0.15) is 0 Å². The van der Waals surface area contributed by atoms with Crippen LogP contribution < -0.4 is 14.7 Å². The van der Waals surface area contributed by atoms with Gasteiger partial charge in [-0.05, 0) is 125 Å². The van der Waals surface area contributed by atoms with Gasteiger partial charge in [-0.25, -0.2) is 4.98 Å². The largest absolute Gasteiger partial charge is 0.435 e. The minimum Gasteiger partial charge on any atom is -0.435 e. The highest BCUT2D eigenvalue weighted by molar-refractivity contribution is 6.19. The molecule has 5 nitrogen and oxygen atoms in total. The van der Waals surface area contributed by atoms with Crippen molar-refractivity contribution in [1.82, 2.24) is 4.98 Å². The van der Waals surface area contributed by atoms with Crippen LogP contribution in [0.4, 0.5) is 51.2 Å². The average Bonchev–Trinajstić information content (AvgIpc) is 3.79. The van der Waals surface area contributed by atoms with Crippen molar-refractivity contribution in [2.24, 2.45) is 0 Å². The third-order valence-electron chi connectivity index (χ3n) is 11.4. The van der Waals surface area contributed by atoms with Crippen LogP contribution in [0.3, 0.4) is 0 Å². The lowest BCUT2D eigenvalue weighted by Crippen LogP contribution is -2.18. The van der Waals surface area contributed by atoms with Crippen LogP contribution in [0.5, 0.6) is 0 Å². The Bertz CT molecular complexity index is 3210. The molecular formula is C57H40N4O. The number of hydrogen-bond acceptors (Lipinski definition) is 5. The number of nitrogens with zero attached hydrogens (tertiary/aromatic N) is 4. The molecule has 294 valence electrons. The molecule has 0 atom stereocenters. The molecular weight excluding hydrogens is 757 g/mol. The first-order valence-electron chi connectivity index (χ1n) is 20.9. The molecule has 0 aliphatic heterocycles. The van der Waals surface area contributed by atoms with Gasteiger partial charge in [0.1, 0.15) is 5.52 Å². The van der Waals surface area contributed by atoms with Crippen molar-refractivity contribution in [3.8, 4) is 11.5 Å². The quantitative estimate of drug-likeness (QED) is 0.129. The van der Waals surface area contributed by atoms with Crippen molar-refractivity contribution in [2.75, 3.05) is 14.7 Å². The number of hydrogen-bond donors (Lipinski definition) is 0. The van der Waals surface area contributed by atoms with Gasteiger partial charge in [0.05, 0.1) is 11.4 Å². The summed E-state index contributed by atoms with van der Waals surface area (Å²) >= 11 is 0. The van der Waals surface area contributed by atoms with Crippen LogP contribution in [-0.4, -0.2) is 4.98 Å². The molecule has 0 fully saturated rings. The van der Waals surface area contributed by atoms with Gasteiger partial charge in [0.15, 0.2) is 5.58 Å². The topological polar surface area (TPSA) is 35.8 Å². The van der Waals surface area contributed by atoms with Gasteiger partial charge in [-0.1, -0.05) is 133 Å². The van der Waals surface area contributed by atoms with Gasteiger partial charge in [0, 0.05) is 50.8 Å². The second kappa shape index (κ2) is 16.0. The van der Waals surface area contributed by atoms with Gasteiger partial charge < -0.3 is 19.1 Å². The molecule has 0 aliphatic carbocycles. The minimum absolute atomic E-state index is 0.610. The summed E-state index contributed by atoms with van der Waals surface area (Å²) in [5.41, 5.74) is 11.9. The van der Waals surface area contributed by atoms with Gasteiger partial charge in [-0.3, -0.25) is 0 Å². The summed E-state index contributed by atoms with van der Waals surface area (Å²) in [6.45, 7) is 0. The van der Waals surface area contributed by atoms with E-state index in [4.69, 9.17) is 9.40 Å². The summed E-state index contributed by atoms with van der Waals surface area (Å²) in [5, 5.41) is 4.33. The Morgan fingerprint density at radius 2 is 0.742 bits per heavy atom. The second-order valence-corrected chi connectivity index (χ2v) is 15.2. The molecule has 0 bridgehead atoms. The maximum absolute atomic E-state index is 6.67. The predicted octanol–water partition coefficient (Wildman–Crippen LogP) is 16.2. The summed E-state index contributed by atoms with van der Waals surface area (Å²) in [5.74, 6) is 0.610. The van der Waals surface area contributed by atoms with Crippen LogP contribution >= 0.6 is 0 Å². The maximum atomic E-state index is 6.67. The molecule has 0 aliphatic rings. The fraction of sp³-hybridized carbons (Fsp3) is 0. The zero-order chi connectivity index (χ0) is 41.2. The van der Waals surface area contributed by atoms with E-state index < -0.39 is 0 Å². The number of rotatable bonds is 10. The van der Waals surface area contributed by atoms with Crippen LogP contribution in [0, 0.1) is 0 Å². The fourth-order valence-electron chi connectivity index (χ4n) is 8.56. The number of anilines is 9. The first-order chi connectivity index (χ1) is 30.8. The van der Waals surface area contributed by atoms with Crippen LogP contribution in [0.2, 0.25) is 0 Å². The van der Waals surface area contributed by atoms with E-state index in [-0.39, 0.29) is 0 Å². The molecule has 62 heavy (non-hydrogen) atoms. The van der Waals surface area contributed by atoms with E-state index >= 15 is 0 Å². The molecule has 0 saturated carbocycles. The minimum atomic E-state index is 0.610. The van der Waals surface area contributed by atoms with Crippen LogP contribution in [-0.2, 0) is 0 Å². The van der Waals surface area contributed by atoms with Gasteiger partial charge in [0.25, 0.3) is 0 Å². The summed E-state index contributed by atoms with van der Waals surface area (Å²) in [6.07, 6.45) is 0. The number of fused-ring (bicyclic) bond motifs is 5. The standard InChI is InChI=1S/C57H40N4O/c1-7-19-43(20-8-1)57-58-52-37-34-42-32-31-41-33-35-49(39-51(41)55(42)56(52)62-57)61(48-29-17-6-18-30-48)53-38-36-50(59(44-21-9-2-10-22-44)45-23-11-3-12-24-45)40-54(53)60(46-25-13-4-14-26-46)47-27-15-5-16-28-47/h1-40H. The molecule has 0 unspecified atom stereocenters. The lowest BCUT2D eigenvalue weighted by atomic mass is 10.00. The summed E-state index contributed by atoms with van der Waals surface area (Å²) in [4.78, 5) is 12.0. The van der Waals surface area contributed by atoms with Gasteiger partial charge in [-0.15, -0.1) is 0 Å². The molecule has 0 amide bonds. The second-order valence-electron chi connectivity index (χ2n) is 15.2. The summed E-state index contributed by atoms with van der Waals surface area (Å²) in [6, 6.07) is 85.3. The first-order valence-corrected chi connectivity index (χ1v) is 20.9. The SMILES string of the molecule is c1ccc(-c2nc3ccc4ccc5ccc(N(c6ccccc6)c6ccc(N(c7ccccc7)c7ccccc7)cc6N(c6ccccc6)c6ccccc6)cc5c4c3o2)cc1. The van der Waals surface area contributed by atoms with Crippen molar-refractivity contribution in [2.45, 2.75) is 0 Å². The fourth-order valence-corrected chi connectivity index (χ4v) is 8.56. The van der Waals surface area contributed by atoms with Crippen molar-refractivity contribution in [3.05, 3.63) is 243 Å². The first kappa shape index (κ1) is 36.7. The van der Waals surface area contributed by atoms with E-state index in [1.165, 1.54) is 0 Å². The number of benzene rings is 10. The lowest BCUT2D eigenvalue weighted by Gasteiger charge is -2.35. The Labute approximate surface area is 360 Å².